The van der Waals surface area contributed by atoms with Gasteiger partial charge in [0.1, 0.15) is 24.4 Å². The number of aldehydes is 1. The van der Waals surface area contributed by atoms with Crippen LogP contribution in [0, 0.1) is 11.3 Å². The Hall–Kier alpha value is -3.12. The van der Waals surface area contributed by atoms with Crippen LogP contribution in [0.1, 0.15) is 62.6 Å². The zero-order valence-electron chi connectivity index (χ0n) is 20.3. The summed E-state index contributed by atoms with van der Waals surface area (Å²) in [6, 6.07) is 15.3. The molecule has 3 aromatic rings. The van der Waals surface area contributed by atoms with Gasteiger partial charge in [-0.05, 0) is 67.1 Å². The molecule has 5 rings (SSSR count). The number of aliphatic hydroxyl groups excluding tert-OH is 1. The minimum Gasteiger partial charge on any atom is -0.512 e. The van der Waals surface area contributed by atoms with Crippen LogP contribution in [0.2, 0.25) is 15.1 Å². The summed E-state index contributed by atoms with van der Waals surface area (Å²) < 4.78 is 5.97. The molecule has 194 valence electrons. The van der Waals surface area contributed by atoms with Crippen molar-refractivity contribution in [2.75, 3.05) is 6.61 Å². The highest BCUT2D eigenvalue weighted by Crippen LogP contribution is 2.40. The molecule has 2 aliphatic carbocycles. The number of benzene rings is 3. The Morgan fingerprint density at radius 3 is 2.39 bits per heavy atom. The van der Waals surface area contributed by atoms with Crippen molar-refractivity contribution in [3.8, 4) is 5.75 Å². The van der Waals surface area contributed by atoms with Crippen LogP contribution in [0.15, 0.2) is 65.9 Å². The van der Waals surface area contributed by atoms with Gasteiger partial charge in [0, 0.05) is 33.5 Å². The molecule has 38 heavy (non-hydrogen) atoms. The largest absolute Gasteiger partial charge is 0.512 e. The number of fused-ring (bicyclic) bond motifs is 1. The van der Waals surface area contributed by atoms with E-state index in [-0.39, 0.29) is 29.8 Å². The van der Waals surface area contributed by atoms with E-state index in [9.17, 15) is 14.7 Å². The lowest BCUT2D eigenvalue weighted by atomic mass is 9.78. The van der Waals surface area contributed by atoms with Gasteiger partial charge in [-0.2, -0.15) is 0 Å². The molecule has 3 aromatic carbocycles. The topological polar surface area (TPSA) is 87.5 Å². The lowest BCUT2D eigenvalue weighted by Gasteiger charge is -2.25. The van der Waals surface area contributed by atoms with Crippen LogP contribution in [-0.2, 0) is 6.42 Å². The van der Waals surface area contributed by atoms with Crippen molar-refractivity contribution in [1.82, 2.24) is 0 Å². The van der Waals surface area contributed by atoms with Crippen molar-refractivity contribution in [3.63, 3.8) is 0 Å². The average Bonchev–Trinajstić information content (AvgIpc) is 3.75. The van der Waals surface area contributed by atoms with E-state index >= 15 is 0 Å². The van der Waals surface area contributed by atoms with Crippen molar-refractivity contribution in [3.05, 3.63) is 109 Å². The Labute approximate surface area is 235 Å². The number of hydrogen-bond donors (Lipinski definition) is 2. The normalized spacial score (nSPS) is 17.4. The molecule has 0 bridgehead atoms. The second-order valence-corrected chi connectivity index (χ2v) is 10.8. The van der Waals surface area contributed by atoms with Gasteiger partial charge in [0.2, 0.25) is 0 Å². The lowest BCUT2D eigenvalue weighted by Crippen LogP contribution is -2.21. The number of halogens is 3. The number of carbonyl (C=O) groups is 2. The standard InChI is InChI=1S/C30H24Cl3NO4/c31-24-2-1-3-25(32)27(24)28(34)23(29(36)17-5-6-17)15-38-19-8-11-21(26(33)13-19)22-10-7-18-12-16(14-35)4-9-20(18)30(22)37/h1-4,8-9,11-14,17,22,34,36H,5-7,10,15H2/b29-23-,34-28?. The number of allylic oxidation sites excluding steroid dienone is 1. The number of ketones is 1. The Bertz CT molecular complexity index is 1470. The summed E-state index contributed by atoms with van der Waals surface area (Å²) in [7, 11) is 0. The van der Waals surface area contributed by atoms with Crippen molar-refractivity contribution < 1.29 is 19.4 Å². The number of carbonyl (C=O) groups excluding carboxylic acids is 2. The van der Waals surface area contributed by atoms with E-state index in [2.05, 4.69) is 0 Å². The predicted octanol–water partition coefficient (Wildman–Crippen LogP) is 8.04. The van der Waals surface area contributed by atoms with Gasteiger partial charge in [-0.3, -0.25) is 15.0 Å². The Balaban J connectivity index is 1.36. The molecule has 0 saturated heterocycles. The van der Waals surface area contributed by atoms with Crippen LogP contribution in [-0.4, -0.2) is 29.5 Å². The van der Waals surface area contributed by atoms with E-state index in [1.807, 2.05) is 0 Å². The summed E-state index contributed by atoms with van der Waals surface area (Å²) in [5.74, 6) is 0.124. The first-order chi connectivity index (χ1) is 18.3. The first kappa shape index (κ1) is 26.5. The average molecular weight is 569 g/mol. The molecule has 1 atom stereocenters. The molecule has 0 amide bonds. The van der Waals surface area contributed by atoms with Gasteiger partial charge in [0.25, 0.3) is 0 Å². The SMILES string of the molecule is N=C(/C(COc1ccc(C2CCc3cc(C=O)ccc3C2=O)c(Cl)c1)=C(\O)C1CC1)c1c(Cl)cccc1Cl. The van der Waals surface area contributed by atoms with E-state index in [0.29, 0.717) is 61.5 Å². The Morgan fingerprint density at radius 2 is 1.74 bits per heavy atom. The van der Waals surface area contributed by atoms with Gasteiger partial charge < -0.3 is 9.84 Å². The maximum Gasteiger partial charge on any atom is 0.170 e. The maximum absolute atomic E-state index is 13.2. The molecule has 2 N–H and O–H groups in total. The molecule has 0 spiro atoms. The summed E-state index contributed by atoms with van der Waals surface area (Å²) in [5, 5.41) is 20.6. The van der Waals surface area contributed by atoms with E-state index < -0.39 is 5.92 Å². The number of aliphatic hydroxyl groups is 1. The summed E-state index contributed by atoms with van der Waals surface area (Å²) >= 11 is 19.3. The third kappa shape index (κ3) is 5.24. The Kier molecular flexibility index (Phi) is 7.62. The number of rotatable bonds is 8. The first-order valence-corrected chi connectivity index (χ1v) is 13.4. The fourth-order valence-electron chi connectivity index (χ4n) is 4.85. The summed E-state index contributed by atoms with van der Waals surface area (Å²) in [6.07, 6.45) is 3.72. The smallest absolute Gasteiger partial charge is 0.170 e. The van der Waals surface area contributed by atoms with Crippen molar-refractivity contribution in [2.45, 2.75) is 31.6 Å². The van der Waals surface area contributed by atoms with Crippen LogP contribution in [0.5, 0.6) is 5.75 Å². The van der Waals surface area contributed by atoms with E-state index in [4.69, 9.17) is 44.9 Å². The zero-order chi connectivity index (χ0) is 27.0. The number of hydrogen-bond acceptors (Lipinski definition) is 5. The summed E-state index contributed by atoms with van der Waals surface area (Å²) in [4.78, 5) is 24.3. The first-order valence-electron chi connectivity index (χ1n) is 12.3. The molecule has 0 aliphatic heterocycles. The molecular formula is C30H24Cl3NO4. The zero-order valence-corrected chi connectivity index (χ0v) is 22.5. The second-order valence-electron chi connectivity index (χ2n) is 9.57. The molecule has 1 saturated carbocycles. The van der Waals surface area contributed by atoms with E-state index in [1.165, 1.54) is 0 Å². The van der Waals surface area contributed by atoms with E-state index in [0.717, 1.165) is 24.7 Å². The van der Waals surface area contributed by atoms with Crippen LogP contribution in [0.4, 0.5) is 0 Å². The molecule has 8 heteroatoms. The van der Waals surface area contributed by atoms with Gasteiger partial charge in [-0.15, -0.1) is 0 Å². The van der Waals surface area contributed by atoms with Gasteiger partial charge in [-0.25, -0.2) is 0 Å². The number of ether oxygens (including phenoxy) is 1. The molecule has 1 unspecified atom stereocenters. The maximum atomic E-state index is 13.2. The Morgan fingerprint density at radius 1 is 1.00 bits per heavy atom. The summed E-state index contributed by atoms with van der Waals surface area (Å²) in [6.45, 7) is -0.0762. The van der Waals surface area contributed by atoms with Gasteiger partial charge in [0.05, 0.1) is 21.3 Å². The molecule has 0 heterocycles. The van der Waals surface area contributed by atoms with Crippen LogP contribution >= 0.6 is 34.8 Å². The lowest BCUT2D eigenvalue weighted by molar-refractivity contribution is 0.0945. The number of aryl methyl sites for hydroxylation is 1. The number of nitrogens with one attached hydrogen (secondary N) is 1. The van der Waals surface area contributed by atoms with Crippen molar-refractivity contribution in [1.29, 1.82) is 5.41 Å². The van der Waals surface area contributed by atoms with Gasteiger partial charge in [0.15, 0.2) is 5.78 Å². The highest BCUT2D eigenvalue weighted by molar-refractivity contribution is 6.41. The van der Waals surface area contributed by atoms with E-state index in [1.54, 1.807) is 54.6 Å². The molecule has 2 aliphatic rings. The minimum absolute atomic E-state index is 0.0102. The quantitative estimate of drug-likeness (QED) is 0.163. The highest BCUT2D eigenvalue weighted by atomic mass is 35.5. The third-order valence-electron chi connectivity index (χ3n) is 7.07. The van der Waals surface area contributed by atoms with Crippen molar-refractivity contribution >= 4 is 52.6 Å². The van der Waals surface area contributed by atoms with Gasteiger partial charge >= 0.3 is 0 Å². The molecule has 5 nitrogen and oxygen atoms in total. The molecule has 0 aromatic heterocycles. The van der Waals surface area contributed by atoms with Crippen LogP contribution in [0.3, 0.4) is 0 Å². The third-order valence-corrected chi connectivity index (χ3v) is 8.03. The fraction of sp³-hybridized carbons (Fsp3) is 0.233. The fourth-order valence-corrected chi connectivity index (χ4v) is 5.74. The number of Topliss-reactive ketones (excluding diaryl/α,β-unsaturated/α-hetero) is 1. The molecular weight excluding hydrogens is 545 g/mol. The van der Waals surface area contributed by atoms with Gasteiger partial charge in [-0.1, -0.05) is 59.1 Å². The van der Waals surface area contributed by atoms with Crippen LogP contribution in [0.25, 0.3) is 0 Å². The second kappa shape index (κ2) is 10.9. The predicted molar refractivity (Wildman–Crippen MR) is 150 cm³/mol. The van der Waals surface area contributed by atoms with Crippen molar-refractivity contribution in [2.24, 2.45) is 5.92 Å². The van der Waals surface area contributed by atoms with Crippen LogP contribution < -0.4 is 4.74 Å². The molecule has 0 radical (unpaired) electrons. The molecule has 1 fully saturated rings. The highest BCUT2D eigenvalue weighted by Gasteiger charge is 2.32. The monoisotopic (exact) mass is 567 g/mol. The minimum atomic E-state index is -0.393. The summed E-state index contributed by atoms with van der Waals surface area (Å²) in [5.41, 5.74) is 3.43.